The van der Waals surface area contributed by atoms with Crippen molar-refractivity contribution in [3.63, 3.8) is 0 Å². The summed E-state index contributed by atoms with van der Waals surface area (Å²) in [6.07, 6.45) is 1.52. The molecule has 0 unspecified atom stereocenters. The highest BCUT2D eigenvalue weighted by Crippen LogP contribution is 2.11. The van der Waals surface area contributed by atoms with Crippen LogP contribution in [0, 0.1) is 0 Å². The van der Waals surface area contributed by atoms with Gasteiger partial charge in [0, 0.05) is 12.1 Å². The first-order chi connectivity index (χ1) is 5.34. The second-order valence-electron chi connectivity index (χ2n) is 2.17. The topological polar surface area (TPSA) is 5.90 Å². The Morgan fingerprint density at radius 3 is 2.55 bits per heavy atom. The van der Waals surface area contributed by atoms with Crippen LogP contribution in [0.25, 0.3) is 0 Å². The molecule has 1 rings (SSSR count). The van der Waals surface area contributed by atoms with Gasteiger partial charge < -0.3 is 0 Å². The number of hydrogen-bond donors (Lipinski definition) is 0. The van der Waals surface area contributed by atoms with Crippen molar-refractivity contribution in [2.75, 3.05) is 6.54 Å². The second kappa shape index (κ2) is 3.88. The van der Waals surface area contributed by atoms with Gasteiger partial charge in [-0.25, -0.2) is 0 Å². The van der Waals surface area contributed by atoms with Crippen LogP contribution in [0.15, 0.2) is 43.0 Å². The average molecular weight is 151 g/mol. The largest absolute Gasteiger partial charge is 0.227 e. The summed E-state index contributed by atoms with van der Waals surface area (Å²) < 4.78 is 12.9. The van der Waals surface area contributed by atoms with Crippen LogP contribution in [0.3, 0.4) is 0 Å². The minimum atomic E-state index is 0.226. The Morgan fingerprint density at radius 1 is 1.36 bits per heavy atom. The zero-order valence-corrected chi connectivity index (χ0v) is 6.20. The molecule has 0 aliphatic carbocycles. The Hall–Kier alpha value is -1.15. The van der Waals surface area contributed by atoms with Gasteiger partial charge in [0.05, 0.1) is 9.60 Å². The number of hydrogen-bond acceptors (Lipinski definition) is 1. The first-order valence-electron chi connectivity index (χ1n) is 3.44. The third kappa shape index (κ3) is 2.16. The molecule has 0 amide bonds. The van der Waals surface area contributed by atoms with Crippen molar-refractivity contribution < 1.29 is 4.48 Å². The lowest BCUT2D eigenvalue weighted by Crippen LogP contribution is -2.11. The summed E-state index contributed by atoms with van der Waals surface area (Å²) in [5.74, 6) is 0. The van der Waals surface area contributed by atoms with Gasteiger partial charge in [0.15, 0.2) is 6.54 Å². The molecule has 57 valence electrons. The summed E-state index contributed by atoms with van der Waals surface area (Å²) >= 11 is 0. The van der Waals surface area contributed by atoms with Crippen LogP contribution in [0.4, 0.5) is 10.2 Å². The summed E-state index contributed by atoms with van der Waals surface area (Å²) in [7, 11) is 0. The van der Waals surface area contributed by atoms with Gasteiger partial charge in [0.1, 0.15) is 0 Å². The van der Waals surface area contributed by atoms with Gasteiger partial charge in [-0.05, 0) is 6.08 Å². The summed E-state index contributed by atoms with van der Waals surface area (Å²) in [6.45, 7) is 3.67. The molecule has 0 saturated carbocycles. The van der Waals surface area contributed by atoms with Gasteiger partial charge in [-0.3, -0.25) is 0 Å². The molecule has 1 nitrogen and oxygen atoms in total. The number of rotatable bonds is 3. The lowest BCUT2D eigenvalue weighted by atomic mass is 10.3. The van der Waals surface area contributed by atoms with E-state index in [1.165, 1.54) is 6.08 Å². The van der Waals surface area contributed by atoms with Crippen LogP contribution in [0.5, 0.6) is 0 Å². The van der Waals surface area contributed by atoms with Crippen LogP contribution in [0.1, 0.15) is 0 Å². The molecule has 0 aromatic heterocycles. The Morgan fingerprint density at radius 2 is 2.00 bits per heavy atom. The molecule has 0 N–H and O–H groups in total. The predicted molar refractivity (Wildman–Crippen MR) is 44.4 cm³/mol. The molecule has 0 bridgehead atoms. The zero-order valence-electron chi connectivity index (χ0n) is 6.20. The maximum Gasteiger partial charge on any atom is 0.227 e. The van der Waals surface area contributed by atoms with Crippen LogP contribution in [-0.4, -0.2) is 6.54 Å². The molecule has 0 atom stereocenters. The molecule has 2 heteroatoms. The highest BCUT2D eigenvalue weighted by atomic mass is 19.2. The minimum Gasteiger partial charge on any atom is -0.0972 e. The summed E-state index contributed by atoms with van der Waals surface area (Å²) in [6, 6.07) is 8.87. The van der Waals surface area contributed by atoms with Crippen molar-refractivity contribution in [1.82, 2.24) is 5.12 Å². The SMILES string of the molecule is C=CC[N+](F)c1ccccc1. The van der Waals surface area contributed by atoms with Crippen molar-refractivity contribution >= 4 is 5.69 Å². The number of benzene rings is 1. The van der Waals surface area contributed by atoms with E-state index in [1.54, 1.807) is 24.3 Å². The van der Waals surface area contributed by atoms with Gasteiger partial charge in [-0.1, -0.05) is 24.8 Å². The van der Waals surface area contributed by atoms with Crippen molar-refractivity contribution in [2.24, 2.45) is 0 Å². The molecule has 0 aliphatic rings. The number of nitrogens with zero attached hydrogens (tertiary/aromatic N) is 1. The molecule has 1 radical (unpaired) electrons. The summed E-state index contributed by atoms with van der Waals surface area (Å²) in [4.78, 5) is 0. The predicted octanol–water partition coefficient (Wildman–Crippen LogP) is 2.53. The summed E-state index contributed by atoms with van der Waals surface area (Å²) in [5, 5.41) is 0.646. The Bertz CT molecular complexity index is 220. The monoisotopic (exact) mass is 151 g/mol. The number of para-hydroxylation sites is 1. The van der Waals surface area contributed by atoms with Crippen molar-refractivity contribution in [2.45, 2.75) is 0 Å². The van der Waals surface area contributed by atoms with Gasteiger partial charge in [0.25, 0.3) is 0 Å². The van der Waals surface area contributed by atoms with E-state index in [0.29, 0.717) is 10.8 Å². The van der Waals surface area contributed by atoms with E-state index in [0.717, 1.165) is 0 Å². The van der Waals surface area contributed by atoms with Crippen LogP contribution in [-0.2, 0) is 0 Å². The first kappa shape index (κ1) is 7.95. The quantitative estimate of drug-likeness (QED) is 0.462. The highest BCUT2D eigenvalue weighted by molar-refractivity contribution is 5.36. The van der Waals surface area contributed by atoms with E-state index in [-0.39, 0.29) is 6.54 Å². The average Bonchev–Trinajstić information content (AvgIpc) is 2.07. The van der Waals surface area contributed by atoms with Crippen molar-refractivity contribution in [3.05, 3.63) is 43.0 Å². The molecule has 1 aromatic rings. The zero-order chi connectivity index (χ0) is 8.10. The molecule has 0 spiro atoms. The maximum absolute atomic E-state index is 12.9. The van der Waals surface area contributed by atoms with E-state index in [2.05, 4.69) is 6.58 Å². The van der Waals surface area contributed by atoms with Crippen LogP contribution in [0.2, 0.25) is 0 Å². The third-order valence-corrected chi connectivity index (χ3v) is 1.33. The van der Waals surface area contributed by atoms with Crippen molar-refractivity contribution in [3.8, 4) is 0 Å². The fourth-order valence-electron chi connectivity index (χ4n) is 0.809. The standard InChI is InChI=1S/C9H10FN/c1-2-8-11(10)9-6-4-3-5-7-9/h2-7H,1,8H2/q+1. The lowest BCUT2D eigenvalue weighted by molar-refractivity contribution is 0.236. The molecule has 0 fully saturated rings. The second-order valence-corrected chi connectivity index (χ2v) is 2.17. The molecule has 0 saturated heterocycles. The fourth-order valence-corrected chi connectivity index (χ4v) is 0.809. The number of halogens is 1. The molecule has 1 aromatic carbocycles. The van der Waals surface area contributed by atoms with E-state index in [1.807, 2.05) is 6.07 Å². The van der Waals surface area contributed by atoms with Gasteiger partial charge >= 0.3 is 0 Å². The van der Waals surface area contributed by atoms with E-state index in [9.17, 15) is 4.48 Å². The molecule has 0 aliphatic heterocycles. The highest BCUT2D eigenvalue weighted by Gasteiger charge is 2.15. The van der Waals surface area contributed by atoms with Crippen LogP contribution >= 0.6 is 0 Å². The lowest BCUT2D eigenvalue weighted by Gasteiger charge is -1.93. The van der Waals surface area contributed by atoms with E-state index >= 15 is 0 Å². The molecule has 0 heterocycles. The van der Waals surface area contributed by atoms with E-state index < -0.39 is 0 Å². The number of anilines is 1. The molecule has 11 heavy (non-hydrogen) atoms. The maximum atomic E-state index is 12.9. The third-order valence-electron chi connectivity index (χ3n) is 1.33. The van der Waals surface area contributed by atoms with Gasteiger partial charge in [0.2, 0.25) is 5.69 Å². The molecular formula is C9H10FN+. The fraction of sp³-hybridized carbons (Fsp3) is 0.111. The van der Waals surface area contributed by atoms with Gasteiger partial charge in [-0.15, -0.1) is 0 Å². The first-order valence-corrected chi connectivity index (χ1v) is 3.44. The van der Waals surface area contributed by atoms with Crippen molar-refractivity contribution in [1.29, 1.82) is 0 Å². The van der Waals surface area contributed by atoms with E-state index in [4.69, 9.17) is 0 Å². The molecular weight excluding hydrogens is 141 g/mol. The normalized spacial score (nSPS) is 10.0. The Labute approximate surface area is 65.7 Å². The Balaban J connectivity index is 2.68. The van der Waals surface area contributed by atoms with Crippen LogP contribution < -0.4 is 5.12 Å². The minimum absolute atomic E-state index is 0.226. The Kier molecular flexibility index (Phi) is 2.81. The summed E-state index contributed by atoms with van der Waals surface area (Å²) in [5.41, 5.74) is 0.562. The smallest absolute Gasteiger partial charge is 0.0972 e. The van der Waals surface area contributed by atoms with Gasteiger partial charge in [-0.2, -0.15) is 0 Å².